The molecule has 1 aliphatic rings. The molecule has 0 saturated heterocycles. The number of guanidine groups is 1. The van der Waals surface area contributed by atoms with Crippen LogP contribution in [-0.2, 0) is 6.42 Å². The van der Waals surface area contributed by atoms with Crippen LogP contribution in [0.15, 0.2) is 29.3 Å². The van der Waals surface area contributed by atoms with E-state index >= 15 is 0 Å². The van der Waals surface area contributed by atoms with Gasteiger partial charge >= 0.3 is 0 Å². The van der Waals surface area contributed by atoms with Crippen LogP contribution in [0.3, 0.4) is 0 Å². The van der Waals surface area contributed by atoms with Gasteiger partial charge in [0.1, 0.15) is 0 Å². The Balaban J connectivity index is 0.00000288. The Morgan fingerprint density at radius 3 is 2.67 bits per heavy atom. The maximum Gasteiger partial charge on any atom is 0.253 e. The van der Waals surface area contributed by atoms with Gasteiger partial charge in [-0.3, -0.25) is 9.79 Å². The summed E-state index contributed by atoms with van der Waals surface area (Å²) in [5.41, 5.74) is 1.87. The third-order valence-electron chi connectivity index (χ3n) is 4.03. The highest BCUT2D eigenvalue weighted by Gasteiger charge is 2.33. The van der Waals surface area contributed by atoms with Crippen LogP contribution < -0.4 is 10.6 Å². The number of carbonyl (C=O) groups excluding carboxylic acids is 1. The van der Waals surface area contributed by atoms with Gasteiger partial charge in [0.15, 0.2) is 5.96 Å². The molecule has 2 atom stereocenters. The van der Waals surface area contributed by atoms with E-state index in [2.05, 4.69) is 29.5 Å². The molecule has 1 aromatic carbocycles. The first-order valence-electron chi connectivity index (χ1n) is 8.36. The number of rotatable bonds is 6. The van der Waals surface area contributed by atoms with Crippen LogP contribution in [0.2, 0.25) is 0 Å². The smallest absolute Gasteiger partial charge is 0.253 e. The van der Waals surface area contributed by atoms with Crippen molar-refractivity contribution < 1.29 is 4.79 Å². The number of halogens is 1. The highest BCUT2D eigenvalue weighted by atomic mass is 127. The molecule has 0 spiro atoms. The zero-order chi connectivity index (χ0) is 16.8. The summed E-state index contributed by atoms with van der Waals surface area (Å²) in [4.78, 5) is 18.2. The zero-order valence-corrected chi connectivity index (χ0v) is 17.3. The lowest BCUT2D eigenvalue weighted by Gasteiger charge is -2.12. The van der Waals surface area contributed by atoms with Gasteiger partial charge in [0.2, 0.25) is 0 Å². The molecule has 2 unspecified atom stereocenters. The van der Waals surface area contributed by atoms with E-state index in [0.717, 1.165) is 36.0 Å². The zero-order valence-electron chi connectivity index (χ0n) is 15.0. The van der Waals surface area contributed by atoms with Crippen molar-refractivity contribution in [3.8, 4) is 0 Å². The standard InChI is InChI=1S/C18H28N4O.HI/c1-5-19-18(21-16-11-13(16)2)20-10-9-14-7-6-8-15(12-14)17(23)22(3)4;/h6-8,12-13,16H,5,9-11H2,1-4H3,(H2,19,20,21);1H. The van der Waals surface area contributed by atoms with Gasteiger partial charge in [0, 0.05) is 38.8 Å². The van der Waals surface area contributed by atoms with Gasteiger partial charge in [-0.2, -0.15) is 0 Å². The number of nitrogens with zero attached hydrogens (tertiary/aromatic N) is 2. The first-order chi connectivity index (χ1) is 11.0. The highest BCUT2D eigenvalue weighted by Crippen LogP contribution is 2.28. The van der Waals surface area contributed by atoms with Crippen LogP contribution in [0.4, 0.5) is 0 Å². The topological polar surface area (TPSA) is 56.7 Å². The van der Waals surface area contributed by atoms with Crippen molar-refractivity contribution in [2.75, 3.05) is 27.2 Å². The van der Waals surface area contributed by atoms with E-state index in [1.54, 1.807) is 19.0 Å². The minimum Gasteiger partial charge on any atom is -0.357 e. The molecular formula is C18H29IN4O. The van der Waals surface area contributed by atoms with Gasteiger partial charge < -0.3 is 15.5 Å². The fraction of sp³-hybridized carbons (Fsp3) is 0.556. The summed E-state index contributed by atoms with van der Waals surface area (Å²) in [6, 6.07) is 8.36. The highest BCUT2D eigenvalue weighted by molar-refractivity contribution is 14.0. The van der Waals surface area contributed by atoms with Gasteiger partial charge in [-0.15, -0.1) is 24.0 Å². The Hall–Kier alpha value is -1.31. The molecule has 1 aliphatic carbocycles. The average molecular weight is 444 g/mol. The summed E-state index contributed by atoms with van der Waals surface area (Å²) >= 11 is 0. The van der Waals surface area contributed by atoms with Crippen LogP contribution in [-0.4, -0.2) is 50.0 Å². The molecule has 6 heteroatoms. The largest absolute Gasteiger partial charge is 0.357 e. The van der Waals surface area contributed by atoms with Crippen molar-refractivity contribution in [1.82, 2.24) is 15.5 Å². The van der Waals surface area contributed by atoms with Crippen molar-refractivity contribution in [1.29, 1.82) is 0 Å². The lowest BCUT2D eigenvalue weighted by atomic mass is 10.1. The first-order valence-corrected chi connectivity index (χ1v) is 8.36. The fourth-order valence-electron chi connectivity index (χ4n) is 2.43. The summed E-state index contributed by atoms with van der Waals surface area (Å²) in [5, 5.41) is 6.73. The maximum atomic E-state index is 12.0. The second-order valence-electron chi connectivity index (χ2n) is 6.37. The predicted molar refractivity (Wildman–Crippen MR) is 110 cm³/mol. The summed E-state index contributed by atoms with van der Waals surface area (Å²) < 4.78 is 0. The van der Waals surface area contributed by atoms with Crippen molar-refractivity contribution >= 4 is 35.8 Å². The Bertz CT molecular complexity index is 574. The molecule has 134 valence electrons. The molecule has 0 bridgehead atoms. The van der Waals surface area contributed by atoms with Gasteiger partial charge in [0.05, 0.1) is 0 Å². The third kappa shape index (κ3) is 6.30. The molecule has 1 fully saturated rings. The maximum absolute atomic E-state index is 12.0. The monoisotopic (exact) mass is 444 g/mol. The van der Waals surface area contributed by atoms with Crippen molar-refractivity contribution in [3.05, 3.63) is 35.4 Å². The Kier molecular flexibility index (Phi) is 8.52. The van der Waals surface area contributed by atoms with E-state index in [4.69, 9.17) is 0 Å². The van der Waals surface area contributed by atoms with Crippen LogP contribution in [0.5, 0.6) is 0 Å². The number of benzene rings is 1. The summed E-state index contributed by atoms with van der Waals surface area (Å²) in [7, 11) is 3.54. The quantitative estimate of drug-likeness (QED) is 0.403. The molecule has 1 amide bonds. The van der Waals surface area contributed by atoms with E-state index < -0.39 is 0 Å². The number of hydrogen-bond acceptors (Lipinski definition) is 2. The van der Waals surface area contributed by atoms with Crippen LogP contribution in [0.25, 0.3) is 0 Å². The molecule has 0 radical (unpaired) electrons. The van der Waals surface area contributed by atoms with Gasteiger partial charge in [0.25, 0.3) is 5.91 Å². The molecule has 0 aromatic heterocycles. The lowest BCUT2D eigenvalue weighted by Crippen LogP contribution is -2.39. The molecular weight excluding hydrogens is 415 g/mol. The van der Waals surface area contributed by atoms with Crippen molar-refractivity contribution in [3.63, 3.8) is 0 Å². The Morgan fingerprint density at radius 2 is 2.08 bits per heavy atom. The van der Waals surface area contributed by atoms with E-state index in [1.807, 2.05) is 24.3 Å². The summed E-state index contributed by atoms with van der Waals surface area (Å²) in [5.74, 6) is 1.67. The fourth-order valence-corrected chi connectivity index (χ4v) is 2.43. The van der Waals surface area contributed by atoms with E-state index in [9.17, 15) is 4.79 Å². The van der Waals surface area contributed by atoms with E-state index in [1.165, 1.54) is 6.42 Å². The molecule has 1 aromatic rings. The van der Waals surface area contributed by atoms with Crippen molar-refractivity contribution in [2.24, 2.45) is 10.9 Å². The van der Waals surface area contributed by atoms with Crippen LogP contribution in [0.1, 0.15) is 36.2 Å². The number of carbonyl (C=O) groups is 1. The number of nitrogens with one attached hydrogen (secondary N) is 2. The molecule has 2 rings (SSSR count). The van der Waals surface area contributed by atoms with E-state index in [0.29, 0.717) is 12.6 Å². The second-order valence-corrected chi connectivity index (χ2v) is 6.37. The van der Waals surface area contributed by atoms with Gasteiger partial charge in [-0.1, -0.05) is 19.1 Å². The van der Waals surface area contributed by atoms with Crippen molar-refractivity contribution in [2.45, 2.75) is 32.7 Å². The van der Waals surface area contributed by atoms with Crippen LogP contribution in [0, 0.1) is 5.92 Å². The first kappa shape index (κ1) is 20.7. The van der Waals surface area contributed by atoms with E-state index in [-0.39, 0.29) is 29.9 Å². The minimum atomic E-state index is 0. The molecule has 1 saturated carbocycles. The normalized spacial score (nSPS) is 19.2. The molecule has 0 aliphatic heterocycles. The second kappa shape index (κ2) is 9.86. The number of amides is 1. The predicted octanol–water partition coefficient (Wildman–Crippen LogP) is 2.51. The Labute approximate surface area is 162 Å². The molecule has 2 N–H and O–H groups in total. The lowest BCUT2D eigenvalue weighted by molar-refractivity contribution is 0.0827. The molecule has 5 nitrogen and oxygen atoms in total. The number of hydrogen-bond donors (Lipinski definition) is 2. The van der Waals surface area contributed by atoms with Gasteiger partial charge in [-0.05, 0) is 43.4 Å². The molecule has 0 heterocycles. The SMILES string of the molecule is CCNC(=NCCc1cccc(C(=O)N(C)C)c1)NC1CC1C.I. The minimum absolute atomic E-state index is 0. The number of aliphatic imine (C=N–C) groups is 1. The van der Waals surface area contributed by atoms with Gasteiger partial charge in [-0.25, -0.2) is 0 Å². The third-order valence-corrected chi connectivity index (χ3v) is 4.03. The molecule has 24 heavy (non-hydrogen) atoms. The Morgan fingerprint density at radius 1 is 1.38 bits per heavy atom. The summed E-state index contributed by atoms with van der Waals surface area (Å²) in [6.45, 7) is 5.88. The summed E-state index contributed by atoms with van der Waals surface area (Å²) in [6.07, 6.45) is 2.05. The van der Waals surface area contributed by atoms with Crippen LogP contribution >= 0.6 is 24.0 Å². The average Bonchev–Trinajstić information content (AvgIpc) is 3.22.